The van der Waals surface area contributed by atoms with Crippen LogP contribution in [0.1, 0.15) is 20.7 Å². The van der Waals surface area contributed by atoms with Crippen LogP contribution in [0.3, 0.4) is 0 Å². The van der Waals surface area contributed by atoms with Gasteiger partial charge in [-0.2, -0.15) is 0 Å². The van der Waals surface area contributed by atoms with Crippen LogP contribution in [0, 0.1) is 0 Å². The van der Waals surface area contributed by atoms with E-state index < -0.39 is 17.7 Å². The molecule has 32 heavy (non-hydrogen) atoms. The van der Waals surface area contributed by atoms with Crippen molar-refractivity contribution in [3.8, 4) is 28.7 Å². The summed E-state index contributed by atoms with van der Waals surface area (Å²) >= 11 is 0. The zero-order valence-electron chi connectivity index (χ0n) is 16.8. The molecule has 0 saturated carbocycles. The Bertz CT molecular complexity index is 1470. The number of pyridine rings is 1. The number of carbonyl (C=O) groups excluding carboxylic acids is 2. The molecule has 2 aromatic heterocycles. The van der Waals surface area contributed by atoms with Gasteiger partial charge in [-0.3, -0.25) is 0 Å². The summed E-state index contributed by atoms with van der Waals surface area (Å²) in [4.78, 5) is 42.2. The Balaban J connectivity index is 1.90. The minimum atomic E-state index is -0.848. The molecule has 10 nitrogen and oxygen atoms in total. The first-order valence-electron chi connectivity index (χ1n) is 9.32. The molecule has 0 saturated heterocycles. The molecule has 3 heterocycles. The second-order valence-electron chi connectivity index (χ2n) is 6.64. The van der Waals surface area contributed by atoms with E-state index in [1.54, 1.807) is 36.4 Å². The van der Waals surface area contributed by atoms with Gasteiger partial charge in [-0.15, -0.1) is 0 Å². The molecular formula is C22H14N2O8. The topological polar surface area (TPSA) is 119 Å². The number of fused-ring (bicyclic) bond motifs is 3. The SMILES string of the molecule is COC(=O)c1cc(-n2c(=O)oc3cccnc32)c2c(c1C(=O)OC)Oc1ccccc1O2. The van der Waals surface area contributed by atoms with Crippen LogP contribution in [0.15, 0.2) is 57.9 Å². The fourth-order valence-corrected chi connectivity index (χ4v) is 3.47. The number of aromatic nitrogens is 2. The summed E-state index contributed by atoms with van der Waals surface area (Å²) in [6.45, 7) is 0. The highest BCUT2D eigenvalue weighted by Gasteiger charge is 2.35. The number of hydrogen-bond donors (Lipinski definition) is 0. The molecule has 10 heteroatoms. The lowest BCUT2D eigenvalue weighted by atomic mass is 10.0. The molecule has 0 fully saturated rings. The normalized spacial score (nSPS) is 11.7. The lowest BCUT2D eigenvalue weighted by Gasteiger charge is -2.25. The molecule has 0 amide bonds. The number of nitrogens with zero attached hydrogens (tertiary/aromatic N) is 2. The van der Waals surface area contributed by atoms with Crippen LogP contribution < -0.4 is 15.2 Å². The molecule has 0 radical (unpaired) electrons. The third kappa shape index (κ3) is 2.81. The second-order valence-corrected chi connectivity index (χ2v) is 6.64. The van der Waals surface area contributed by atoms with E-state index in [-0.39, 0.29) is 39.5 Å². The van der Waals surface area contributed by atoms with Crippen LogP contribution in [0.2, 0.25) is 0 Å². The molecule has 0 aliphatic carbocycles. The highest BCUT2D eigenvalue weighted by Crippen LogP contribution is 2.51. The Morgan fingerprint density at radius 1 is 0.938 bits per heavy atom. The van der Waals surface area contributed by atoms with Crippen molar-refractivity contribution in [1.29, 1.82) is 0 Å². The van der Waals surface area contributed by atoms with Crippen LogP contribution in [0.4, 0.5) is 0 Å². The number of oxazole rings is 1. The quantitative estimate of drug-likeness (QED) is 0.393. The highest BCUT2D eigenvalue weighted by atomic mass is 16.6. The summed E-state index contributed by atoms with van der Waals surface area (Å²) in [5, 5.41) is 0. The van der Waals surface area contributed by atoms with E-state index in [0.29, 0.717) is 11.5 Å². The van der Waals surface area contributed by atoms with Crippen LogP contribution in [0.25, 0.3) is 16.9 Å². The third-order valence-electron chi connectivity index (χ3n) is 4.87. The Labute approximate surface area is 179 Å². The van der Waals surface area contributed by atoms with Gasteiger partial charge >= 0.3 is 17.7 Å². The standard InChI is InChI=1S/C22H14N2O8/c1-28-20(25)11-10-12(24-19-15(32-22(24)27)8-5-9-23-19)17-18(16(11)21(26)29-2)31-14-7-4-3-6-13(14)30-17/h3-10H,1-2H3. The van der Waals surface area contributed by atoms with Gasteiger partial charge in [0.1, 0.15) is 11.3 Å². The van der Waals surface area contributed by atoms with Crippen LogP contribution in [-0.4, -0.2) is 35.7 Å². The maximum atomic E-state index is 12.7. The van der Waals surface area contributed by atoms with Crippen molar-refractivity contribution in [2.45, 2.75) is 0 Å². The lowest BCUT2D eigenvalue weighted by Crippen LogP contribution is -2.20. The fraction of sp³-hybridized carbons (Fsp3) is 0.0909. The highest BCUT2D eigenvalue weighted by molar-refractivity contribution is 6.07. The maximum absolute atomic E-state index is 12.7. The van der Waals surface area contributed by atoms with Gasteiger partial charge in [0, 0.05) is 6.20 Å². The lowest BCUT2D eigenvalue weighted by molar-refractivity contribution is 0.0551. The van der Waals surface area contributed by atoms with Crippen LogP contribution in [0.5, 0.6) is 23.0 Å². The largest absolute Gasteiger partial charge is 0.465 e. The number of rotatable bonds is 3. The summed E-state index contributed by atoms with van der Waals surface area (Å²) in [5.41, 5.74) is 0.0866. The Kier molecular flexibility index (Phi) is 4.40. The van der Waals surface area contributed by atoms with E-state index in [4.69, 9.17) is 23.4 Å². The minimum absolute atomic E-state index is 0.00667. The van der Waals surface area contributed by atoms with E-state index in [0.717, 1.165) is 11.7 Å². The summed E-state index contributed by atoms with van der Waals surface area (Å²) in [7, 11) is 2.33. The third-order valence-corrected chi connectivity index (χ3v) is 4.87. The van der Waals surface area contributed by atoms with Gasteiger partial charge < -0.3 is 23.4 Å². The molecule has 0 unspecified atom stereocenters. The van der Waals surface area contributed by atoms with Gasteiger partial charge in [-0.05, 0) is 30.3 Å². The molecule has 4 aromatic rings. The average molecular weight is 434 g/mol. The molecule has 5 rings (SSSR count). The minimum Gasteiger partial charge on any atom is -0.465 e. The van der Waals surface area contributed by atoms with Gasteiger partial charge in [-0.1, -0.05) is 12.1 Å². The number of para-hydroxylation sites is 2. The van der Waals surface area contributed by atoms with Crippen molar-refractivity contribution in [3.05, 3.63) is 70.3 Å². The summed E-state index contributed by atoms with van der Waals surface area (Å²) in [6, 6.07) is 11.2. The summed E-state index contributed by atoms with van der Waals surface area (Å²) < 4.78 is 28.1. The zero-order chi connectivity index (χ0) is 22.4. The van der Waals surface area contributed by atoms with Gasteiger partial charge in [0.15, 0.2) is 34.2 Å². The Morgan fingerprint density at radius 2 is 1.62 bits per heavy atom. The van der Waals surface area contributed by atoms with E-state index >= 15 is 0 Å². The molecule has 0 atom stereocenters. The van der Waals surface area contributed by atoms with Crippen LogP contribution >= 0.6 is 0 Å². The first-order chi connectivity index (χ1) is 15.5. The van der Waals surface area contributed by atoms with E-state index in [1.165, 1.54) is 19.4 Å². The molecule has 2 aromatic carbocycles. The first kappa shape index (κ1) is 19.4. The van der Waals surface area contributed by atoms with Crippen molar-refractivity contribution in [2.24, 2.45) is 0 Å². The van der Waals surface area contributed by atoms with Crippen molar-refractivity contribution in [3.63, 3.8) is 0 Å². The van der Waals surface area contributed by atoms with Gasteiger partial charge in [0.25, 0.3) is 0 Å². The summed E-state index contributed by atoms with van der Waals surface area (Å²) in [6.07, 6.45) is 1.48. The van der Waals surface area contributed by atoms with Crippen molar-refractivity contribution >= 4 is 23.2 Å². The average Bonchev–Trinajstić information content (AvgIpc) is 3.16. The molecular weight excluding hydrogens is 420 g/mol. The van der Waals surface area contributed by atoms with Crippen molar-refractivity contribution in [1.82, 2.24) is 9.55 Å². The smallest absolute Gasteiger partial charge is 0.426 e. The number of benzene rings is 2. The van der Waals surface area contributed by atoms with Gasteiger partial charge in [-0.25, -0.2) is 23.9 Å². The molecule has 0 spiro atoms. The van der Waals surface area contributed by atoms with E-state index in [2.05, 4.69) is 4.98 Å². The maximum Gasteiger partial charge on any atom is 0.426 e. The molecule has 0 bridgehead atoms. The second kappa shape index (κ2) is 7.27. The molecule has 160 valence electrons. The molecule has 1 aliphatic rings. The molecule has 1 aliphatic heterocycles. The number of carbonyl (C=O) groups is 2. The van der Waals surface area contributed by atoms with Crippen molar-refractivity contribution < 1.29 is 33.0 Å². The number of hydrogen-bond acceptors (Lipinski definition) is 9. The number of esters is 2. The predicted molar refractivity (Wildman–Crippen MR) is 109 cm³/mol. The van der Waals surface area contributed by atoms with Crippen LogP contribution in [-0.2, 0) is 9.47 Å². The van der Waals surface area contributed by atoms with Gasteiger partial charge in [0.2, 0.25) is 0 Å². The number of ether oxygens (including phenoxy) is 4. The first-order valence-corrected chi connectivity index (χ1v) is 9.32. The van der Waals surface area contributed by atoms with Crippen molar-refractivity contribution in [2.75, 3.05) is 14.2 Å². The van der Waals surface area contributed by atoms with Gasteiger partial charge in [0.05, 0.1) is 19.8 Å². The Hall–Kier alpha value is -4.60. The zero-order valence-corrected chi connectivity index (χ0v) is 16.8. The van der Waals surface area contributed by atoms with E-state index in [9.17, 15) is 14.4 Å². The Morgan fingerprint density at radius 3 is 2.31 bits per heavy atom. The van der Waals surface area contributed by atoms with E-state index in [1.807, 2.05) is 0 Å². The molecule has 0 N–H and O–H groups in total. The predicted octanol–water partition coefficient (Wildman–Crippen LogP) is 3.45. The summed E-state index contributed by atoms with van der Waals surface area (Å²) in [5.74, 6) is -1.91. The monoisotopic (exact) mass is 434 g/mol. The fourth-order valence-electron chi connectivity index (χ4n) is 3.47. The number of methoxy groups -OCH3 is 2.